The predicted molar refractivity (Wildman–Crippen MR) is 154 cm³/mol. The first-order valence-electron chi connectivity index (χ1n) is 14.4. The Bertz CT molecular complexity index is 1250. The zero-order valence-corrected chi connectivity index (χ0v) is 23.4. The maximum absolute atomic E-state index is 15.1. The molecule has 1 aliphatic heterocycles. The first-order chi connectivity index (χ1) is 19.5. The van der Waals surface area contributed by atoms with Gasteiger partial charge in [-0.3, -0.25) is 0 Å². The molecule has 0 atom stereocenters. The van der Waals surface area contributed by atoms with Gasteiger partial charge in [0.15, 0.2) is 17.9 Å². The summed E-state index contributed by atoms with van der Waals surface area (Å²) in [6.07, 6.45) is 10.8. The van der Waals surface area contributed by atoms with Crippen molar-refractivity contribution in [2.75, 3.05) is 19.8 Å². The molecule has 40 heavy (non-hydrogen) atoms. The molecule has 3 aromatic rings. The molecular formula is C34H39F3O3. The minimum Gasteiger partial charge on any atom is -0.490 e. The number of hydrogen-bond acceptors (Lipinski definition) is 3. The second kappa shape index (κ2) is 15.1. The van der Waals surface area contributed by atoms with E-state index in [9.17, 15) is 8.78 Å². The average molecular weight is 553 g/mol. The number of rotatable bonds is 13. The predicted octanol–water partition coefficient (Wildman–Crippen LogP) is 9.60. The number of allylic oxidation sites excluding steroid dienone is 2. The summed E-state index contributed by atoms with van der Waals surface area (Å²) in [6.45, 7) is 5.46. The SMILES string of the molecule is C/C=C/CCC1OCC(c2ccc(-c3ccc(-c4ccc(OCCCCCCC)c(F)c4F)cc3)c(F)c2)CO1. The molecule has 0 amide bonds. The summed E-state index contributed by atoms with van der Waals surface area (Å²) in [6, 6.07) is 14.9. The van der Waals surface area contributed by atoms with Crippen LogP contribution in [0.15, 0.2) is 66.7 Å². The van der Waals surface area contributed by atoms with Crippen LogP contribution in [-0.4, -0.2) is 26.1 Å². The lowest BCUT2D eigenvalue weighted by atomic mass is 9.95. The Labute approximate surface area is 236 Å². The van der Waals surface area contributed by atoms with Crippen LogP contribution in [0, 0.1) is 17.5 Å². The van der Waals surface area contributed by atoms with Crippen LogP contribution in [0.4, 0.5) is 13.2 Å². The summed E-state index contributed by atoms with van der Waals surface area (Å²) in [5.74, 6) is -2.40. The third-order valence-corrected chi connectivity index (χ3v) is 7.30. The van der Waals surface area contributed by atoms with E-state index in [1.807, 2.05) is 19.1 Å². The van der Waals surface area contributed by atoms with Crippen LogP contribution in [0.5, 0.6) is 5.75 Å². The van der Waals surface area contributed by atoms with Crippen LogP contribution in [0.1, 0.15) is 70.3 Å². The minimum absolute atomic E-state index is 0.0326. The van der Waals surface area contributed by atoms with Gasteiger partial charge >= 0.3 is 0 Å². The van der Waals surface area contributed by atoms with Crippen LogP contribution in [-0.2, 0) is 9.47 Å². The van der Waals surface area contributed by atoms with Crippen molar-refractivity contribution in [3.05, 3.63) is 89.8 Å². The second-order valence-corrected chi connectivity index (χ2v) is 10.3. The fraction of sp³-hybridized carbons (Fsp3) is 0.412. The van der Waals surface area contributed by atoms with Gasteiger partial charge in [-0.05, 0) is 54.7 Å². The van der Waals surface area contributed by atoms with Crippen molar-refractivity contribution in [1.82, 2.24) is 0 Å². The van der Waals surface area contributed by atoms with E-state index in [1.54, 1.807) is 30.3 Å². The Kier molecular flexibility index (Phi) is 11.2. The lowest BCUT2D eigenvalue weighted by Gasteiger charge is -2.29. The van der Waals surface area contributed by atoms with Gasteiger partial charge in [0.25, 0.3) is 0 Å². The Morgan fingerprint density at radius 3 is 2.17 bits per heavy atom. The Hall–Kier alpha value is -3.09. The third-order valence-electron chi connectivity index (χ3n) is 7.30. The van der Waals surface area contributed by atoms with Gasteiger partial charge in [-0.1, -0.05) is 81.2 Å². The fourth-order valence-electron chi connectivity index (χ4n) is 4.90. The number of hydrogen-bond donors (Lipinski definition) is 0. The van der Waals surface area contributed by atoms with Crippen molar-refractivity contribution >= 4 is 0 Å². The maximum Gasteiger partial charge on any atom is 0.201 e. The van der Waals surface area contributed by atoms with Crippen LogP contribution in [0.3, 0.4) is 0 Å². The molecule has 0 saturated carbocycles. The molecule has 4 rings (SSSR count). The molecule has 0 bridgehead atoms. The molecular weight excluding hydrogens is 513 g/mol. The Balaban J connectivity index is 1.38. The average Bonchev–Trinajstić information content (AvgIpc) is 2.98. The quantitative estimate of drug-likeness (QED) is 0.156. The Morgan fingerprint density at radius 1 is 0.825 bits per heavy atom. The lowest BCUT2D eigenvalue weighted by Crippen LogP contribution is -2.30. The molecule has 3 aromatic carbocycles. The van der Waals surface area contributed by atoms with E-state index < -0.39 is 11.6 Å². The standard InChI is InChI=1S/C34H39F3O3/c1-3-5-7-8-10-20-38-31-19-18-29(33(36)34(31)37)25-14-12-24(13-15-25)28-17-16-26(21-30(28)35)27-22-39-32(40-23-27)11-9-6-4-2/h4,6,12-19,21,27,32H,3,5,7-11,20,22-23H2,1-2H3/b6-4+. The van der Waals surface area contributed by atoms with Crippen molar-refractivity contribution in [1.29, 1.82) is 0 Å². The number of unbranched alkanes of at least 4 members (excludes halogenated alkanes) is 4. The van der Waals surface area contributed by atoms with Crippen molar-refractivity contribution in [2.24, 2.45) is 0 Å². The van der Waals surface area contributed by atoms with Gasteiger partial charge in [0.2, 0.25) is 5.82 Å². The van der Waals surface area contributed by atoms with Gasteiger partial charge in [0, 0.05) is 23.5 Å². The van der Waals surface area contributed by atoms with Crippen LogP contribution in [0.2, 0.25) is 0 Å². The zero-order chi connectivity index (χ0) is 28.3. The molecule has 0 N–H and O–H groups in total. The normalized spacial score (nSPS) is 17.4. The first kappa shape index (κ1) is 29.9. The van der Waals surface area contributed by atoms with Gasteiger partial charge in [0.1, 0.15) is 5.82 Å². The topological polar surface area (TPSA) is 27.7 Å². The number of benzene rings is 3. The molecule has 214 valence electrons. The lowest BCUT2D eigenvalue weighted by molar-refractivity contribution is -0.189. The molecule has 6 heteroatoms. The van der Waals surface area contributed by atoms with Gasteiger partial charge in [-0.25, -0.2) is 8.78 Å². The fourth-order valence-corrected chi connectivity index (χ4v) is 4.90. The van der Waals surface area contributed by atoms with Crippen LogP contribution >= 0.6 is 0 Å². The van der Waals surface area contributed by atoms with E-state index in [2.05, 4.69) is 13.0 Å². The summed E-state index contributed by atoms with van der Waals surface area (Å²) in [5, 5.41) is 0. The highest BCUT2D eigenvalue weighted by Gasteiger charge is 2.24. The van der Waals surface area contributed by atoms with E-state index >= 15 is 4.39 Å². The molecule has 1 saturated heterocycles. The van der Waals surface area contributed by atoms with Crippen molar-refractivity contribution in [2.45, 2.75) is 71.0 Å². The third kappa shape index (κ3) is 7.76. The number of halogens is 3. The van der Waals surface area contributed by atoms with Gasteiger partial charge in [-0.15, -0.1) is 0 Å². The van der Waals surface area contributed by atoms with Crippen molar-refractivity contribution in [3.63, 3.8) is 0 Å². The molecule has 0 radical (unpaired) electrons. The maximum atomic E-state index is 15.1. The zero-order valence-electron chi connectivity index (χ0n) is 23.4. The van der Waals surface area contributed by atoms with E-state index in [0.717, 1.165) is 50.5 Å². The summed E-state index contributed by atoms with van der Waals surface area (Å²) in [5.41, 5.74) is 2.55. The molecule has 1 aliphatic rings. The summed E-state index contributed by atoms with van der Waals surface area (Å²) in [7, 11) is 0. The first-order valence-corrected chi connectivity index (χ1v) is 14.4. The van der Waals surface area contributed by atoms with Gasteiger partial charge in [0.05, 0.1) is 19.8 Å². The highest BCUT2D eigenvalue weighted by atomic mass is 19.2. The minimum atomic E-state index is -0.989. The monoisotopic (exact) mass is 552 g/mol. The van der Waals surface area contributed by atoms with Crippen molar-refractivity contribution in [3.8, 4) is 28.0 Å². The van der Waals surface area contributed by atoms with Gasteiger partial charge < -0.3 is 14.2 Å². The van der Waals surface area contributed by atoms with Crippen molar-refractivity contribution < 1.29 is 27.4 Å². The Morgan fingerprint density at radius 2 is 1.50 bits per heavy atom. The largest absolute Gasteiger partial charge is 0.490 e. The summed E-state index contributed by atoms with van der Waals surface area (Å²) >= 11 is 0. The summed E-state index contributed by atoms with van der Waals surface area (Å²) in [4.78, 5) is 0. The molecule has 3 nitrogen and oxygen atoms in total. The van der Waals surface area contributed by atoms with E-state index in [1.165, 1.54) is 18.2 Å². The molecule has 1 heterocycles. The molecule has 0 unspecified atom stereocenters. The van der Waals surface area contributed by atoms with Gasteiger partial charge in [-0.2, -0.15) is 4.39 Å². The van der Waals surface area contributed by atoms with Crippen LogP contribution < -0.4 is 4.74 Å². The highest BCUT2D eigenvalue weighted by Crippen LogP contribution is 2.33. The highest BCUT2D eigenvalue weighted by molar-refractivity contribution is 5.71. The summed E-state index contributed by atoms with van der Waals surface area (Å²) < 4.78 is 61.8. The smallest absolute Gasteiger partial charge is 0.201 e. The van der Waals surface area contributed by atoms with E-state index in [4.69, 9.17) is 14.2 Å². The number of ether oxygens (including phenoxy) is 3. The molecule has 1 fully saturated rings. The second-order valence-electron chi connectivity index (χ2n) is 10.3. The molecule has 0 aromatic heterocycles. The van der Waals surface area contributed by atoms with E-state index in [0.29, 0.717) is 36.5 Å². The molecule has 0 aliphatic carbocycles. The van der Waals surface area contributed by atoms with Crippen LogP contribution in [0.25, 0.3) is 22.3 Å². The van der Waals surface area contributed by atoms with E-state index in [-0.39, 0.29) is 29.3 Å². The molecule has 0 spiro atoms.